The maximum Gasteiger partial charge on any atom is 0.339 e. The summed E-state index contributed by atoms with van der Waals surface area (Å²) in [6.45, 7) is 1.10. The SMILES string of the molecule is COC(=O)c1cc(Cc2ccccc2)n2c1C(c1ccc([N+](=O)[O-])cc1)OCC2. The van der Waals surface area contributed by atoms with E-state index >= 15 is 0 Å². The van der Waals surface area contributed by atoms with Crippen molar-refractivity contribution in [3.8, 4) is 0 Å². The molecule has 148 valence electrons. The van der Waals surface area contributed by atoms with Crippen LogP contribution in [0.15, 0.2) is 60.7 Å². The molecular formula is C22H20N2O5. The van der Waals surface area contributed by atoms with Gasteiger partial charge in [0.1, 0.15) is 6.10 Å². The Morgan fingerprint density at radius 3 is 2.59 bits per heavy atom. The number of carbonyl (C=O) groups is 1. The third kappa shape index (κ3) is 3.64. The summed E-state index contributed by atoms with van der Waals surface area (Å²) < 4.78 is 13.1. The summed E-state index contributed by atoms with van der Waals surface area (Å²) in [6, 6.07) is 18.1. The molecule has 0 saturated carbocycles. The van der Waals surface area contributed by atoms with Crippen molar-refractivity contribution in [2.24, 2.45) is 0 Å². The van der Waals surface area contributed by atoms with Crippen LogP contribution in [0.2, 0.25) is 0 Å². The topological polar surface area (TPSA) is 83.6 Å². The number of nitro groups is 1. The molecule has 0 fully saturated rings. The highest BCUT2D eigenvalue weighted by Crippen LogP contribution is 2.35. The molecule has 2 heterocycles. The molecular weight excluding hydrogens is 372 g/mol. The fourth-order valence-corrected chi connectivity index (χ4v) is 3.76. The highest BCUT2D eigenvalue weighted by Gasteiger charge is 2.31. The van der Waals surface area contributed by atoms with Crippen LogP contribution in [0, 0.1) is 10.1 Å². The maximum absolute atomic E-state index is 12.5. The zero-order valence-electron chi connectivity index (χ0n) is 15.9. The molecule has 0 amide bonds. The zero-order valence-corrected chi connectivity index (χ0v) is 15.9. The minimum Gasteiger partial charge on any atom is -0.465 e. The number of benzene rings is 2. The second kappa shape index (κ2) is 7.89. The first-order valence-electron chi connectivity index (χ1n) is 9.29. The summed E-state index contributed by atoms with van der Waals surface area (Å²) in [6.07, 6.45) is 0.181. The van der Waals surface area contributed by atoms with Crippen LogP contribution >= 0.6 is 0 Å². The van der Waals surface area contributed by atoms with Crippen molar-refractivity contribution >= 4 is 11.7 Å². The third-order valence-electron chi connectivity index (χ3n) is 5.11. The number of fused-ring (bicyclic) bond motifs is 1. The number of ether oxygens (including phenoxy) is 2. The van der Waals surface area contributed by atoms with E-state index in [2.05, 4.69) is 4.57 Å². The highest BCUT2D eigenvalue weighted by atomic mass is 16.6. The fraction of sp³-hybridized carbons (Fsp3) is 0.227. The van der Waals surface area contributed by atoms with E-state index in [1.807, 2.05) is 36.4 Å². The molecule has 2 aromatic carbocycles. The highest BCUT2D eigenvalue weighted by molar-refractivity contribution is 5.91. The number of hydrogen-bond donors (Lipinski definition) is 0. The van der Waals surface area contributed by atoms with Crippen molar-refractivity contribution in [1.82, 2.24) is 4.57 Å². The van der Waals surface area contributed by atoms with Crippen molar-refractivity contribution in [2.75, 3.05) is 13.7 Å². The van der Waals surface area contributed by atoms with Gasteiger partial charge in [-0.2, -0.15) is 0 Å². The van der Waals surface area contributed by atoms with Crippen LogP contribution in [0.3, 0.4) is 0 Å². The van der Waals surface area contributed by atoms with Crippen LogP contribution in [0.5, 0.6) is 0 Å². The van der Waals surface area contributed by atoms with E-state index in [0.29, 0.717) is 25.1 Å². The first-order valence-corrected chi connectivity index (χ1v) is 9.29. The van der Waals surface area contributed by atoms with Crippen molar-refractivity contribution in [2.45, 2.75) is 19.1 Å². The normalized spacial score (nSPS) is 15.6. The van der Waals surface area contributed by atoms with E-state index in [0.717, 1.165) is 22.5 Å². The molecule has 7 nitrogen and oxygen atoms in total. The van der Waals surface area contributed by atoms with Crippen LogP contribution in [0.25, 0.3) is 0 Å². The van der Waals surface area contributed by atoms with Crippen LogP contribution in [-0.2, 0) is 22.4 Å². The lowest BCUT2D eigenvalue weighted by atomic mass is 10.0. The lowest BCUT2D eigenvalue weighted by Crippen LogP contribution is -2.25. The number of non-ortho nitro benzene ring substituents is 1. The Hall–Kier alpha value is -3.45. The second-order valence-corrected chi connectivity index (χ2v) is 6.84. The molecule has 1 unspecified atom stereocenters. The van der Waals surface area contributed by atoms with E-state index in [4.69, 9.17) is 9.47 Å². The molecule has 1 atom stereocenters. The molecule has 7 heteroatoms. The molecule has 1 aromatic heterocycles. The number of nitrogens with zero attached hydrogens (tertiary/aromatic N) is 2. The lowest BCUT2D eigenvalue weighted by molar-refractivity contribution is -0.384. The molecule has 1 aliphatic rings. The van der Waals surface area contributed by atoms with E-state index in [9.17, 15) is 14.9 Å². The van der Waals surface area contributed by atoms with Crippen molar-refractivity contribution < 1.29 is 19.2 Å². The molecule has 3 aromatic rings. The Morgan fingerprint density at radius 2 is 1.93 bits per heavy atom. The monoisotopic (exact) mass is 392 g/mol. The smallest absolute Gasteiger partial charge is 0.339 e. The minimum absolute atomic E-state index is 0.0119. The summed E-state index contributed by atoms with van der Waals surface area (Å²) in [5, 5.41) is 11.0. The Morgan fingerprint density at radius 1 is 1.21 bits per heavy atom. The maximum atomic E-state index is 12.5. The number of aromatic nitrogens is 1. The number of rotatable bonds is 5. The number of esters is 1. The van der Waals surface area contributed by atoms with Gasteiger partial charge in [-0.15, -0.1) is 0 Å². The standard InChI is InChI=1S/C22H20N2O5/c1-28-22(25)19-14-18(13-15-5-3-2-4-6-15)23-11-12-29-21(20(19)23)16-7-9-17(10-8-16)24(26)27/h2-10,14,21H,11-13H2,1H3. The number of hydrogen-bond acceptors (Lipinski definition) is 5. The van der Waals surface area contributed by atoms with Gasteiger partial charge >= 0.3 is 5.97 Å². The summed E-state index contributed by atoms with van der Waals surface area (Å²) in [5.41, 5.74) is 4.10. The summed E-state index contributed by atoms with van der Waals surface area (Å²) >= 11 is 0. The number of methoxy groups -OCH3 is 1. The van der Waals surface area contributed by atoms with Gasteiger partial charge in [0.05, 0.1) is 29.9 Å². The van der Waals surface area contributed by atoms with Gasteiger partial charge in [0.15, 0.2) is 0 Å². The van der Waals surface area contributed by atoms with Crippen molar-refractivity contribution in [1.29, 1.82) is 0 Å². The molecule has 29 heavy (non-hydrogen) atoms. The summed E-state index contributed by atoms with van der Waals surface area (Å²) in [7, 11) is 1.35. The lowest BCUT2D eigenvalue weighted by Gasteiger charge is -2.28. The van der Waals surface area contributed by atoms with Gasteiger partial charge in [0.2, 0.25) is 0 Å². The molecule has 0 aliphatic carbocycles. The second-order valence-electron chi connectivity index (χ2n) is 6.84. The molecule has 4 rings (SSSR count). The summed E-state index contributed by atoms with van der Waals surface area (Å²) in [5.74, 6) is -0.425. The van der Waals surface area contributed by atoms with Crippen molar-refractivity contribution in [3.63, 3.8) is 0 Å². The Balaban J connectivity index is 1.78. The zero-order chi connectivity index (χ0) is 20.4. The molecule has 0 N–H and O–H groups in total. The quantitative estimate of drug-likeness (QED) is 0.374. The first kappa shape index (κ1) is 18.9. The number of carbonyl (C=O) groups excluding carboxylic acids is 1. The van der Waals surface area contributed by atoms with Gasteiger partial charge < -0.3 is 14.0 Å². The molecule has 0 saturated heterocycles. The van der Waals surface area contributed by atoms with E-state index < -0.39 is 17.0 Å². The van der Waals surface area contributed by atoms with E-state index in [1.165, 1.54) is 19.2 Å². The Bertz CT molecular complexity index is 1040. The van der Waals surface area contributed by atoms with Crippen LogP contribution in [-0.4, -0.2) is 29.2 Å². The van der Waals surface area contributed by atoms with E-state index in [1.54, 1.807) is 12.1 Å². The van der Waals surface area contributed by atoms with Gasteiger partial charge in [0, 0.05) is 30.8 Å². The van der Waals surface area contributed by atoms with Crippen LogP contribution < -0.4 is 0 Å². The first-order chi connectivity index (χ1) is 14.1. The average Bonchev–Trinajstić information content (AvgIpc) is 3.12. The van der Waals surface area contributed by atoms with Gasteiger partial charge in [0.25, 0.3) is 5.69 Å². The Labute approximate surface area is 167 Å². The number of nitro benzene ring substituents is 1. The predicted octanol–water partition coefficient (Wildman–Crippen LogP) is 3.89. The van der Waals surface area contributed by atoms with Gasteiger partial charge in [-0.05, 0) is 29.3 Å². The van der Waals surface area contributed by atoms with Gasteiger partial charge in [-0.25, -0.2) is 4.79 Å². The van der Waals surface area contributed by atoms with Gasteiger partial charge in [-0.3, -0.25) is 10.1 Å². The largest absolute Gasteiger partial charge is 0.465 e. The molecule has 1 aliphatic heterocycles. The third-order valence-corrected chi connectivity index (χ3v) is 5.11. The average molecular weight is 392 g/mol. The molecule has 0 bridgehead atoms. The Kier molecular flexibility index (Phi) is 5.14. The van der Waals surface area contributed by atoms with Crippen LogP contribution in [0.1, 0.15) is 39.0 Å². The molecule has 0 radical (unpaired) electrons. The summed E-state index contributed by atoms with van der Waals surface area (Å²) in [4.78, 5) is 23.0. The fourth-order valence-electron chi connectivity index (χ4n) is 3.76. The van der Waals surface area contributed by atoms with Crippen molar-refractivity contribution in [3.05, 3.63) is 98.9 Å². The minimum atomic E-state index is -0.497. The predicted molar refractivity (Wildman–Crippen MR) is 106 cm³/mol. The molecule has 0 spiro atoms. The van der Waals surface area contributed by atoms with Crippen LogP contribution in [0.4, 0.5) is 5.69 Å². The van der Waals surface area contributed by atoms with E-state index in [-0.39, 0.29) is 5.69 Å². The van der Waals surface area contributed by atoms with Gasteiger partial charge in [-0.1, -0.05) is 30.3 Å².